The van der Waals surface area contributed by atoms with E-state index in [0.717, 1.165) is 16.7 Å². The van der Waals surface area contributed by atoms with Crippen LogP contribution in [0.15, 0.2) is 48.5 Å². The van der Waals surface area contributed by atoms with Crippen LogP contribution in [-0.4, -0.2) is 11.5 Å². The minimum absolute atomic E-state index is 0.187. The molecule has 0 amide bonds. The van der Waals surface area contributed by atoms with E-state index >= 15 is 0 Å². The molecule has 0 spiro atoms. The number of rotatable bonds is 1. The molecular formula is C18H19NO2. The summed E-state index contributed by atoms with van der Waals surface area (Å²) in [6, 6.07) is 15.2. The van der Waals surface area contributed by atoms with Crippen LogP contribution < -0.4 is 10.1 Å². The van der Waals surface area contributed by atoms with Gasteiger partial charge in [-0.15, -0.1) is 0 Å². The van der Waals surface area contributed by atoms with Crippen LogP contribution in [0, 0.1) is 0 Å². The number of para-hydroxylation sites is 1. The molecule has 21 heavy (non-hydrogen) atoms. The van der Waals surface area contributed by atoms with Gasteiger partial charge in [0.2, 0.25) is 0 Å². The van der Waals surface area contributed by atoms with E-state index < -0.39 is 6.04 Å². The Morgan fingerprint density at radius 2 is 1.57 bits per heavy atom. The number of nitrogens with one attached hydrogen (secondary N) is 1. The van der Waals surface area contributed by atoms with E-state index in [1.807, 2.05) is 69.3 Å². The molecule has 108 valence electrons. The molecule has 2 aromatic carbocycles. The summed E-state index contributed by atoms with van der Waals surface area (Å²) in [7, 11) is 0. The first kappa shape index (κ1) is 13.8. The maximum atomic E-state index is 12.5. The summed E-state index contributed by atoms with van der Waals surface area (Å²) in [5, 5.41) is 3.36. The molecule has 1 N–H and O–H groups in total. The molecule has 0 bridgehead atoms. The normalized spacial score (nSPS) is 17.5. The van der Waals surface area contributed by atoms with Crippen LogP contribution in [0.3, 0.4) is 0 Å². The minimum atomic E-state index is -0.464. The van der Waals surface area contributed by atoms with Crippen molar-refractivity contribution in [3.8, 4) is 16.9 Å². The van der Waals surface area contributed by atoms with Gasteiger partial charge in [-0.1, -0.05) is 42.5 Å². The number of ether oxygens (including phenoxy) is 1. The monoisotopic (exact) mass is 281 g/mol. The molecule has 1 aliphatic heterocycles. The molecule has 2 aromatic rings. The van der Waals surface area contributed by atoms with Crippen molar-refractivity contribution in [1.29, 1.82) is 0 Å². The van der Waals surface area contributed by atoms with Gasteiger partial charge in [0.25, 0.3) is 0 Å². The first-order valence-electron chi connectivity index (χ1n) is 7.13. The number of hydrogen-bond donors (Lipinski definition) is 1. The third kappa shape index (κ3) is 2.69. The van der Waals surface area contributed by atoms with Crippen LogP contribution in [0.25, 0.3) is 11.1 Å². The van der Waals surface area contributed by atoms with Crippen molar-refractivity contribution in [3.05, 3.63) is 54.1 Å². The topological polar surface area (TPSA) is 38.3 Å². The van der Waals surface area contributed by atoms with E-state index in [0.29, 0.717) is 5.75 Å². The van der Waals surface area contributed by atoms with Gasteiger partial charge in [-0.05, 0) is 38.0 Å². The zero-order chi connectivity index (χ0) is 15.0. The predicted molar refractivity (Wildman–Crippen MR) is 83.1 cm³/mol. The van der Waals surface area contributed by atoms with E-state index in [9.17, 15) is 4.79 Å². The smallest absolute Gasteiger partial charge is 0.333 e. The number of carbonyl (C=O) groups excluding carboxylic acids is 1. The Hall–Kier alpha value is -2.13. The number of benzene rings is 2. The second-order valence-electron chi connectivity index (χ2n) is 6.33. The van der Waals surface area contributed by atoms with Crippen molar-refractivity contribution in [2.45, 2.75) is 32.4 Å². The third-order valence-corrected chi connectivity index (χ3v) is 3.47. The van der Waals surface area contributed by atoms with Crippen LogP contribution in [0.4, 0.5) is 0 Å². The van der Waals surface area contributed by atoms with Crippen molar-refractivity contribution in [2.24, 2.45) is 0 Å². The zero-order valence-corrected chi connectivity index (χ0v) is 12.5. The highest BCUT2D eigenvalue weighted by atomic mass is 16.5. The average Bonchev–Trinajstić information content (AvgIpc) is 2.54. The molecule has 3 heteroatoms. The Bertz CT molecular complexity index is 686. The maximum Gasteiger partial charge on any atom is 0.333 e. The maximum absolute atomic E-state index is 12.5. The highest BCUT2D eigenvalue weighted by Crippen LogP contribution is 2.39. The molecule has 0 saturated carbocycles. The van der Waals surface area contributed by atoms with Crippen LogP contribution in [0.1, 0.15) is 32.4 Å². The van der Waals surface area contributed by atoms with Crippen molar-refractivity contribution < 1.29 is 9.53 Å². The molecule has 0 aliphatic carbocycles. The summed E-state index contributed by atoms with van der Waals surface area (Å²) in [4.78, 5) is 12.5. The minimum Gasteiger partial charge on any atom is -0.424 e. The molecular weight excluding hydrogens is 262 g/mol. The lowest BCUT2D eigenvalue weighted by atomic mass is 9.94. The Morgan fingerprint density at radius 1 is 0.952 bits per heavy atom. The number of carbonyl (C=O) groups is 1. The molecule has 3 rings (SSSR count). The molecule has 1 heterocycles. The number of fused-ring (bicyclic) bond motifs is 3. The van der Waals surface area contributed by atoms with Gasteiger partial charge in [0.15, 0.2) is 0 Å². The summed E-state index contributed by atoms with van der Waals surface area (Å²) in [5.41, 5.74) is 2.77. The predicted octanol–water partition coefficient (Wildman–Crippen LogP) is 3.70. The van der Waals surface area contributed by atoms with Gasteiger partial charge in [-0.3, -0.25) is 5.32 Å². The second kappa shape index (κ2) is 5.01. The van der Waals surface area contributed by atoms with Crippen LogP contribution in [-0.2, 0) is 4.79 Å². The fraction of sp³-hybridized carbons (Fsp3) is 0.278. The summed E-state index contributed by atoms with van der Waals surface area (Å²) in [6.45, 7) is 6.13. The van der Waals surface area contributed by atoms with Gasteiger partial charge in [0, 0.05) is 11.1 Å². The molecule has 0 saturated heterocycles. The Balaban J connectivity index is 2.18. The van der Waals surface area contributed by atoms with E-state index in [2.05, 4.69) is 5.32 Å². The molecule has 3 nitrogen and oxygen atoms in total. The van der Waals surface area contributed by atoms with Gasteiger partial charge in [0.05, 0.1) is 0 Å². The zero-order valence-electron chi connectivity index (χ0n) is 12.5. The average molecular weight is 281 g/mol. The highest BCUT2D eigenvalue weighted by Gasteiger charge is 2.32. The standard InChI is InChI=1S/C18H19NO2/c1-18(2,3)19-16-14-10-5-4-8-12(14)13-9-6-7-11-15(13)21-17(16)20/h4-11,16,19H,1-3H3. The van der Waals surface area contributed by atoms with Crippen LogP contribution in [0.5, 0.6) is 5.75 Å². The SMILES string of the molecule is CC(C)(C)NC1C(=O)Oc2ccccc2-c2ccccc21. The van der Waals surface area contributed by atoms with Gasteiger partial charge in [-0.2, -0.15) is 0 Å². The van der Waals surface area contributed by atoms with Crippen molar-refractivity contribution in [1.82, 2.24) is 5.32 Å². The largest absolute Gasteiger partial charge is 0.424 e. The molecule has 1 atom stereocenters. The fourth-order valence-corrected chi connectivity index (χ4v) is 2.64. The second-order valence-corrected chi connectivity index (χ2v) is 6.33. The Labute approximate surface area is 124 Å². The number of hydrogen-bond acceptors (Lipinski definition) is 3. The molecule has 0 aromatic heterocycles. The van der Waals surface area contributed by atoms with Gasteiger partial charge < -0.3 is 4.74 Å². The lowest BCUT2D eigenvalue weighted by Crippen LogP contribution is -2.43. The van der Waals surface area contributed by atoms with Crippen molar-refractivity contribution in [3.63, 3.8) is 0 Å². The van der Waals surface area contributed by atoms with Crippen LogP contribution >= 0.6 is 0 Å². The van der Waals surface area contributed by atoms with E-state index in [4.69, 9.17) is 4.74 Å². The van der Waals surface area contributed by atoms with Crippen molar-refractivity contribution >= 4 is 5.97 Å². The summed E-state index contributed by atoms with van der Waals surface area (Å²) >= 11 is 0. The van der Waals surface area contributed by atoms with Crippen LogP contribution in [0.2, 0.25) is 0 Å². The summed E-state index contributed by atoms with van der Waals surface area (Å²) in [5.74, 6) is 0.357. The molecule has 1 aliphatic rings. The lowest BCUT2D eigenvalue weighted by molar-refractivity contribution is -0.137. The fourth-order valence-electron chi connectivity index (χ4n) is 2.64. The number of esters is 1. The summed E-state index contributed by atoms with van der Waals surface area (Å²) in [6.07, 6.45) is 0. The van der Waals surface area contributed by atoms with Gasteiger partial charge >= 0.3 is 5.97 Å². The first-order chi connectivity index (χ1) is 9.96. The lowest BCUT2D eigenvalue weighted by Gasteiger charge is -2.27. The van der Waals surface area contributed by atoms with E-state index in [1.165, 1.54) is 0 Å². The summed E-state index contributed by atoms with van der Waals surface area (Å²) < 4.78 is 5.60. The van der Waals surface area contributed by atoms with Gasteiger partial charge in [0.1, 0.15) is 11.8 Å². The van der Waals surface area contributed by atoms with Crippen molar-refractivity contribution in [2.75, 3.05) is 0 Å². The molecule has 0 radical (unpaired) electrons. The molecule has 0 fully saturated rings. The molecule has 1 unspecified atom stereocenters. The van der Waals surface area contributed by atoms with Gasteiger partial charge in [-0.25, -0.2) is 4.79 Å². The highest BCUT2D eigenvalue weighted by molar-refractivity contribution is 5.89. The Kier molecular flexibility index (Phi) is 3.30. The Morgan fingerprint density at radius 3 is 2.29 bits per heavy atom. The van der Waals surface area contributed by atoms with E-state index in [-0.39, 0.29) is 11.5 Å². The first-order valence-corrected chi connectivity index (χ1v) is 7.13. The third-order valence-electron chi connectivity index (χ3n) is 3.47. The quantitative estimate of drug-likeness (QED) is 0.640. The van der Waals surface area contributed by atoms with E-state index in [1.54, 1.807) is 0 Å².